The van der Waals surface area contributed by atoms with Crippen LogP contribution >= 0.6 is 0 Å². The van der Waals surface area contributed by atoms with Crippen molar-refractivity contribution in [3.63, 3.8) is 0 Å². The fourth-order valence-electron chi connectivity index (χ4n) is 3.94. The fourth-order valence-corrected chi connectivity index (χ4v) is 3.94. The molecular formula is C19H37N3O. The van der Waals surface area contributed by atoms with Gasteiger partial charge in [0, 0.05) is 38.6 Å². The summed E-state index contributed by atoms with van der Waals surface area (Å²) in [6.45, 7) is 8.93. The summed E-state index contributed by atoms with van der Waals surface area (Å²) in [4.78, 5) is 17.2. The molecule has 1 aliphatic carbocycles. The van der Waals surface area contributed by atoms with E-state index in [2.05, 4.69) is 29.1 Å². The molecule has 2 rings (SSSR count). The van der Waals surface area contributed by atoms with E-state index in [1.54, 1.807) is 0 Å². The summed E-state index contributed by atoms with van der Waals surface area (Å²) in [6, 6.07) is 0. The Balaban J connectivity index is 1.52. The Kier molecular flexibility index (Phi) is 8.38. The van der Waals surface area contributed by atoms with E-state index in [1.165, 1.54) is 58.3 Å². The predicted molar refractivity (Wildman–Crippen MR) is 96.5 cm³/mol. The highest BCUT2D eigenvalue weighted by Crippen LogP contribution is 2.31. The number of likely N-dealkylation sites (N-methyl/N-ethyl adjacent to an activating group) is 1. The predicted octanol–water partition coefficient (Wildman–Crippen LogP) is 2.74. The number of hydrogen-bond donors (Lipinski definition) is 1. The third-order valence-corrected chi connectivity index (χ3v) is 5.73. The zero-order valence-corrected chi connectivity index (χ0v) is 15.4. The van der Waals surface area contributed by atoms with Crippen molar-refractivity contribution in [3.8, 4) is 0 Å². The number of piperazine rings is 1. The highest BCUT2D eigenvalue weighted by Gasteiger charge is 2.25. The van der Waals surface area contributed by atoms with Gasteiger partial charge in [0.1, 0.15) is 0 Å². The molecule has 134 valence electrons. The van der Waals surface area contributed by atoms with Gasteiger partial charge in [-0.25, -0.2) is 0 Å². The first kappa shape index (κ1) is 18.7. The van der Waals surface area contributed by atoms with Crippen LogP contribution in [0.2, 0.25) is 0 Å². The van der Waals surface area contributed by atoms with Crippen LogP contribution in [0.25, 0.3) is 0 Å². The summed E-state index contributed by atoms with van der Waals surface area (Å²) in [5.41, 5.74) is 0. The van der Waals surface area contributed by atoms with Crippen molar-refractivity contribution in [1.82, 2.24) is 15.1 Å². The second-order valence-electron chi connectivity index (χ2n) is 7.65. The van der Waals surface area contributed by atoms with E-state index in [0.717, 1.165) is 38.3 Å². The molecule has 2 aliphatic rings. The number of nitrogens with one attached hydrogen (secondary N) is 1. The number of hydrogen-bond acceptors (Lipinski definition) is 3. The van der Waals surface area contributed by atoms with Crippen LogP contribution in [-0.2, 0) is 4.79 Å². The van der Waals surface area contributed by atoms with Crippen molar-refractivity contribution in [2.75, 3.05) is 46.3 Å². The van der Waals surface area contributed by atoms with E-state index in [4.69, 9.17) is 0 Å². The maximum atomic E-state index is 12.3. The lowest BCUT2D eigenvalue weighted by molar-refractivity contribution is -0.126. The first-order valence-electron chi connectivity index (χ1n) is 9.87. The van der Waals surface area contributed by atoms with Gasteiger partial charge >= 0.3 is 0 Å². The molecule has 4 heteroatoms. The lowest BCUT2D eigenvalue weighted by Gasteiger charge is -2.32. The van der Waals surface area contributed by atoms with Crippen LogP contribution in [0.4, 0.5) is 0 Å². The summed E-state index contributed by atoms with van der Waals surface area (Å²) >= 11 is 0. The number of carbonyl (C=O) groups excluding carboxylic acids is 1. The summed E-state index contributed by atoms with van der Waals surface area (Å²) in [7, 11) is 2.19. The molecule has 0 bridgehead atoms. The minimum Gasteiger partial charge on any atom is -0.356 e. The lowest BCUT2D eigenvalue weighted by atomic mass is 9.79. The van der Waals surface area contributed by atoms with E-state index in [9.17, 15) is 4.79 Å². The van der Waals surface area contributed by atoms with Crippen LogP contribution < -0.4 is 5.32 Å². The lowest BCUT2D eigenvalue weighted by Crippen LogP contribution is -2.45. The largest absolute Gasteiger partial charge is 0.356 e. The Labute approximate surface area is 143 Å². The molecule has 0 radical (unpaired) electrons. The topological polar surface area (TPSA) is 35.6 Å². The molecule has 1 N–H and O–H groups in total. The van der Waals surface area contributed by atoms with Crippen molar-refractivity contribution in [3.05, 3.63) is 0 Å². The molecule has 2 fully saturated rings. The highest BCUT2D eigenvalue weighted by molar-refractivity contribution is 5.78. The summed E-state index contributed by atoms with van der Waals surface area (Å²) in [5.74, 6) is 1.49. The molecule has 1 heterocycles. The molecule has 0 spiro atoms. The number of unbranched alkanes of at least 4 members (excludes halogenated alkanes) is 1. The number of amides is 1. The van der Waals surface area contributed by atoms with Crippen LogP contribution in [-0.4, -0.2) is 62.0 Å². The van der Waals surface area contributed by atoms with Crippen molar-refractivity contribution < 1.29 is 4.79 Å². The quantitative estimate of drug-likeness (QED) is 0.698. The van der Waals surface area contributed by atoms with Gasteiger partial charge in [0.05, 0.1) is 0 Å². The molecule has 1 saturated heterocycles. The smallest absolute Gasteiger partial charge is 0.223 e. The van der Waals surface area contributed by atoms with Crippen LogP contribution in [0.5, 0.6) is 0 Å². The zero-order valence-electron chi connectivity index (χ0n) is 15.4. The van der Waals surface area contributed by atoms with E-state index in [0.29, 0.717) is 5.91 Å². The summed E-state index contributed by atoms with van der Waals surface area (Å²) < 4.78 is 0. The van der Waals surface area contributed by atoms with E-state index >= 15 is 0 Å². The summed E-state index contributed by atoms with van der Waals surface area (Å²) in [5, 5.41) is 3.18. The van der Waals surface area contributed by atoms with Gasteiger partial charge in [-0.3, -0.25) is 4.79 Å². The Hall–Kier alpha value is -0.610. The standard InChI is InChI=1S/C19H37N3O/c1-3-4-6-17-7-9-18(10-8-17)19(23)20-11-5-12-22-15-13-21(2)14-16-22/h17-18H,3-16H2,1-2H3,(H,20,23). The number of nitrogens with zero attached hydrogens (tertiary/aromatic N) is 2. The van der Waals surface area contributed by atoms with Gasteiger partial charge < -0.3 is 15.1 Å². The molecule has 0 aromatic rings. The minimum absolute atomic E-state index is 0.288. The first-order chi connectivity index (χ1) is 11.2. The van der Waals surface area contributed by atoms with Crippen LogP contribution in [0, 0.1) is 11.8 Å². The molecule has 4 nitrogen and oxygen atoms in total. The van der Waals surface area contributed by atoms with Gasteiger partial charge in [-0.2, -0.15) is 0 Å². The van der Waals surface area contributed by atoms with Gasteiger partial charge in [0.2, 0.25) is 5.91 Å². The van der Waals surface area contributed by atoms with Crippen molar-refractivity contribution in [2.45, 2.75) is 58.3 Å². The van der Waals surface area contributed by atoms with E-state index < -0.39 is 0 Å². The normalized spacial score (nSPS) is 27.0. The highest BCUT2D eigenvalue weighted by atomic mass is 16.1. The fraction of sp³-hybridized carbons (Fsp3) is 0.947. The first-order valence-corrected chi connectivity index (χ1v) is 9.87. The zero-order chi connectivity index (χ0) is 16.5. The maximum Gasteiger partial charge on any atom is 0.223 e. The average Bonchev–Trinajstić information content (AvgIpc) is 2.58. The van der Waals surface area contributed by atoms with Gasteiger partial charge in [-0.1, -0.05) is 26.2 Å². The van der Waals surface area contributed by atoms with E-state index in [1.807, 2.05) is 0 Å². The van der Waals surface area contributed by atoms with Crippen molar-refractivity contribution in [1.29, 1.82) is 0 Å². The molecule has 0 aromatic heterocycles. The molecule has 0 unspecified atom stereocenters. The SMILES string of the molecule is CCCCC1CCC(C(=O)NCCCN2CCN(C)CC2)CC1. The number of carbonyl (C=O) groups is 1. The second-order valence-corrected chi connectivity index (χ2v) is 7.65. The average molecular weight is 324 g/mol. The monoisotopic (exact) mass is 323 g/mol. The molecule has 0 aromatic carbocycles. The Morgan fingerprint density at radius 1 is 1.04 bits per heavy atom. The summed E-state index contributed by atoms with van der Waals surface area (Å²) in [6.07, 6.45) is 9.86. The maximum absolute atomic E-state index is 12.3. The van der Waals surface area contributed by atoms with Crippen molar-refractivity contribution >= 4 is 5.91 Å². The third kappa shape index (κ3) is 6.80. The molecule has 1 aliphatic heterocycles. The van der Waals surface area contributed by atoms with Crippen LogP contribution in [0.15, 0.2) is 0 Å². The molecule has 1 amide bonds. The van der Waals surface area contributed by atoms with Gasteiger partial charge in [0.25, 0.3) is 0 Å². The van der Waals surface area contributed by atoms with Crippen LogP contribution in [0.3, 0.4) is 0 Å². The Bertz CT molecular complexity index is 332. The van der Waals surface area contributed by atoms with E-state index in [-0.39, 0.29) is 5.92 Å². The van der Waals surface area contributed by atoms with Crippen LogP contribution in [0.1, 0.15) is 58.3 Å². The van der Waals surface area contributed by atoms with Gasteiger partial charge in [0.15, 0.2) is 0 Å². The Morgan fingerprint density at radius 3 is 2.39 bits per heavy atom. The van der Waals surface area contributed by atoms with Gasteiger partial charge in [-0.05, 0) is 51.6 Å². The number of rotatable bonds is 8. The molecule has 23 heavy (non-hydrogen) atoms. The minimum atomic E-state index is 0.288. The molecule has 0 atom stereocenters. The van der Waals surface area contributed by atoms with Crippen molar-refractivity contribution in [2.24, 2.45) is 11.8 Å². The molecule has 1 saturated carbocycles. The molecular weight excluding hydrogens is 286 g/mol. The second kappa shape index (κ2) is 10.3. The third-order valence-electron chi connectivity index (χ3n) is 5.73. The Morgan fingerprint density at radius 2 is 1.74 bits per heavy atom. The van der Waals surface area contributed by atoms with Gasteiger partial charge in [-0.15, -0.1) is 0 Å².